The number of amidine groups is 1. The van der Waals surface area contributed by atoms with Gasteiger partial charge in [0.2, 0.25) is 0 Å². The van der Waals surface area contributed by atoms with Gasteiger partial charge >= 0.3 is 0 Å². The first-order valence-electron chi connectivity index (χ1n) is 7.22. The maximum absolute atomic E-state index is 9.05. The molecule has 2 heterocycles. The Labute approximate surface area is 124 Å². The number of para-hydroxylation sites is 1. The zero-order chi connectivity index (χ0) is 15.0. The average Bonchev–Trinajstić information content (AvgIpc) is 2.84. The molecule has 2 atom stereocenters. The van der Waals surface area contributed by atoms with Crippen molar-refractivity contribution in [1.29, 1.82) is 0 Å². The van der Waals surface area contributed by atoms with Crippen LogP contribution in [-0.2, 0) is 0 Å². The van der Waals surface area contributed by atoms with E-state index < -0.39 is 0 Å². The third-order valence-electron chi connectivity index (χ3n) is 4.38. The molecule has 5 nitrogen and oxygen atoms in total. The lowest BCUT2D eigenvalue weighted by atomic mass is 10.0. The number of pyridine rings is 1. The topological polar surface area (TPSA) is 74.7 Å². The van der Waals surface area contributed by atoms with Crippen molar-refractivity contribution in [1.82, 2.24) is 4.98 Å². The molecule has 110 valence electrons. The van der Waals surface area contributed by atoms with E-state index in [1.54, 1.807) is 0 Å². The number of oxime groups is 1. The Morgan fingerprint density at radius 2 is 1.95 bits per heavy atom. The summed E-state index contributed by atoms with van der Waals surface area (Å²) >= 11 is 0. The second-order valence-corrected chi connectivity index (χ2v) is 5.90. The van der Waals surface area contributed by atoms with Crippen molar-refractivity contribution in [3.63, 3.8) is 0 Å². The molecule has 0 saturated carbocycles. The highest BCUT2D eigenvalue weighted by atomic mass is 16.4. The molecule has 0 amide bonds. The summed E-state index contributed by atoms with van der Waals surface area (Å²) in [5.74, 6) is 2.13. The normalized spacial score (nSPS) is 23.0. The van der Waals surface area contributed by atoms with Gasteiger partial charge in [-0.1, -0.05) is 37.2 Å². The van der Waals surface area contributed by atoms with E-state index in [9.17, 15) is 0 Å². The van der Waals surface area contributed by atoms with Crippen molar-refractivity contribution in [2.75, 3.05) is 18.0 Å². The zero-order valence-corrected chi connectivity index (χ0v) is 12.3. The molecule has 1 aromatic carbocycles. The molecule has 0 aliphatic carbocycles. The second kappa shape index (κ2) is 5.24. The molecule has 1 aliphatic heterocycles. The Hall–Kier alpha value is -2.30. The summed E-state index contributed by atoms with van der Waals surface area (Å²) in [5, 5.41) is 13.2. The van der Waals surface area contributed by atoms with Gasteiger partial charge in [-0.3, -0.25) is 0 Å². The van der Waals surface area contributed by atoms with Crippen LogP contribution in [0.1, 0.15) is 19.4 Å². The lowest BCUT2D eigenvalue weighted by Crippen LogP contribution is -2.26. The van der Waals surface area contributed by atoms with Gasteiger partial charge in [0.25, 0.3) is 0 Å². The van der Waals surface area contributed by atoms with E-state index in [1.807, 2.05) is 30.3 Å². The minimum Gasteiger partial charge on any atom is -0.409 e. The number of fused-ring (bicyclic) bond motifs is 1. The molecule has 1 saturated heterocycles. The van der Waals surface area contributed by atoms with E-state index in [1.165, 1.54) is 0 Å². The van der Waals surface area contributed by atoms with Crippen molar-refractivity contribution < 1.29 is 5.21 Å². The van der Waals surface area contributed by atoms with Gasteiger partial charge in [-0.25, -0.2) is 4.98 Å². The highest BCUT2D eigenvalue weighted by molar-refractivity contribution is 6.04. The predicted octanol–water partition coefficient (Wildman–Crippen LogP) is 2.42. The molecule has 3 N–H and O–H groups in total. The van der Waals surface area contributed by atoms with Crippen LogP contribution in [0.3, 0.4) is 0 Å². The summed E-state index contributed by atoms with van der Waals surface area (Å²) in [6.45, 7) is 6.38. The minimum atomic E-state index is 0.107. The Bertz CT molecular complexity index is 688. The highest BCUT2D eigenvalue weighted by Gasteiger charge is 2.29. The van der Waals surface area contributed by atoms with Gasteiger partial charge < -0.3 is 15.8 Å². The van der Waals surface area contributed by atoms with Gasteiger partial charge in [-0.2, -0.15) is 0 Å². The van der Waals surface area contributed by atoms with Crippen molar-refractivity contribution >= 4 is 22.6 Å². The SMILES string of the molecule is CC1CN(c2nc3ccccc3cc2C(N)=NO)CC1C. The molecule has 0 radical (unpaired) electrons. The third-order valence-corrected chi connectivity index (χ3v) is 4.38. The molecule has 1 aromatic heterocycles. The third kappa shape index (κ3) is 2.39. The Kier molecular flexibility index (Phi) is 3.41. The fourth-order valence-corrected chi connectivity index (χ4v) is 2.89. The fourth-order valence-electron chi connectivity index (χ4n) is 2.89. The Morgan fingerprint density at radius 1 is 1.29 bits per heavy atom. The molecular formula is C16H20N4O. The van der Waals surface area contributed by atoms with Crippen LogP contribution < -0.4 is 10.6 Å². The lowest BCUT2D eigenvalue weighted by Gasteiger charge is -2.21. The van der Waals surface area contributed by atoms with Crippen molar-refractivity contribution in [3.8, 4) is 0 Å². The molecule has 21 heavy (non-hydrogen) atoms. The summed E-state index contributed by atoms with van der Waals surface area (Å²) in [5.41, 5.74) is 7.47. The smallest absolute Gasteiger partial charge is 0.173 e. The van der Waals surface area contributed by atoms with Crippen LogP contribution in [0.5, 0.6) is 0 Å². The van der Waals surface area contributed by atoms with Gasteiger partial charge in [-0.05, 0) is 24.0 Å². The van der Waals surface area contributed by atoms with Crippen LogP contribution in [0, 0.1) is 11.8 Å². The molecule has 1 aliphatic rings. The standard InChI is InChI=1S/C16H20N4O/c1-10-8-20(9-11(10)2)16-13(15(17)19-21)7-12-5-3-4-6-14(12)18-16/h3-7,10-11,21H,8-9H2,1-2H3,(H2,17,19). The van der Waals surface area contributed by atoms with Gasteiger partial charge in [0, 0.05) is 18.5 Å². The zero-order valence-electron chi connectivity index (χ0n) is 12.3. The molecular weight excluding hydrogens is 264 g/mol. The predicted molar refractivity (Wildman–Crippen MR) is 84.8 cm³/mol. The largest absolute Gasteiger partial charge is 0.409 e. The van der Waals surface area contributed by atoms with Crippen LogP contribution in [0.2, 0.25) is 0 Å². The summed E-state index contributed by atoms with van der Waals surface area (Å²) < 4.78 is 0. The van der Waals surface area contributed by atoms with Crippen LogP contribution in [0.15, 0.2) is 35.5 Å². The maximum atomic E-state index is 9.05. The molecule has 0 bridgehead atoms. The first kappa shape index (κ1) is 13.7. The summed E-state index contributed by atoms with van der Waals surface area (Å²) in [4.78, 5) is 6.98. The van der Waals surface area contributed by atoms with Gasteiger partial charge in [0.15, 0.2) is 5.84 Å². The lowest BCUT2D eigenvalue weighted by molar-refractivity contribution is 0.318. The number of nitrogens with zero attached hydrogens (tertiary/aromatic N) is 3. The quantitative estimate of drug-likeness (QED) is 0.384. The number of aromatic nitrogens is 1. The summed E-state index contributed by atoms with van der Waals surface area (Å²) in [7, 11) is 0. The average molecular weight is 284 g/mol. The second-order valence-electron chi connectivity index (χ2n) is 5.90. The maximum Gasteiger partial charge on any atom is 0.173 e. The first-order chi connectivity index (χ1) is 10.1. The molecule has 3 rings (SSSR count). The Morgan fingerprint density at radius 3 is 2.62 bits per heavy atom. The van der Waals surface area contributed by atoms with Crippen molar-refractivity contribution in [2.24, 2.45) is 22.7 Å². The van der Waals surface area contributed by atoms with Crippen molar-refractivity contribution in [3.05, 3.63) is 35.9 Å². The Balaban J connectivity index is 2.15. The number of hydrogen-bond donors (Lipinski definition) is 2. The fraction of sp³-hybridized carbons (Fsp3) is 0.375. The number of hydrogen-bond acceptors (Lipinski definition) is 4. The monoisotopic (exact) mass is 284 g/mol. The van der Waals surface area contributed by atoms with E-state index in [4.69, 9.17) is 15.9 Å². The van der Waals surface area contributed by atoms with Crippen LogP contribution >= 0.6 is 0 Å². The van der Waals surface area contributed by atoms with Gasteiger partial charge in [0.1, 0.15) is 5.82 Å². The van der Waals surface area contributed by atoms with Crippen LogP contribution in [0.4, 0.5) is 5.82 Å². The molecule has 2 unspecified atom stereocenters. The van der Waals surface area contributed by atoms with Gasteiger partial charge in [0.05, 0.1) is 11.1 Å². The molecule has 2 aromatic rings. The van der Waals surface area contributed by atoms with Crippen LogP contribution in [0.25, 0.3) is 10.9 Å². The molecule has 1 fully saturated rings. The molecule has 5 heteroatoms. The number of rotatable bonds is 2. The number of anilines is 1. The summed E-state index contributed by atoms with van der Waals surface area (Å²) in [6, 6.07) is 9.84. The number of benzene rings is 1. The first-order valence-corrected chi connectivity index (χ1v) is 7.22. The van der Waals surface area contributed by atoms with E-state index >= 15 is 0 Å². The number of nitrogens with two attached hydrogens (primary N) is 1. The molecule has 0 spiro atoms. The summed E-state index contributed by atoms with van der Waals surface area (Å²) in [6.07, 6.45) is 0. The highest BCUT2D eigenvalue weighted by Crippen LogP contribution is 2.30. The van der Waals surface area contributed by atoms with Gasteiger partial charge in [-0.15, -0.1) is 0 Å². The van der Waals surface area contributed by atoms with E-state index in [0.29, 0.717) is 17.4 Å². The van der Waals surface area contributed by atoms with Crippen LogP contribution in [-0.4, -0.2) is 29.1 Å². The minimum absolute atomic E-state index is 0.107. The van der Waals surface area contributed by atoms with Crippen molar-refractivity contribution in [2.45, 2.75) is 13.8 Å². The van der Waals surface area contributed by atoms with E-state index in [0.717, 1.165) is 29.8 Å². The van der Waals surface area contributed by atoms with E-state index in [2.05, 4.69) is 23.9 Å². The van der Waals surface area contributed by atoms with E-state index in [-0.39, 0.29) is 5.84 Å².